The summed E-state index contributed by atoms with van der Waals surface area (Å²) in [6.45, 7) is 6.54. The quantitative estimate of drug-likeness (QED) is 0.101. The Hall–Kier alpha value is -4.63. The van der Waals surface area contributed by atoms with Crippen LogP contribution in [0.15, 0.2) is 53.6 Å². The van der Waals surface area contributed by atoms with Gasteiger partial charge in [0.2, 0.25) is 5.78 Å². The van der Waals surface area contributed by atoms with Crippen LogP contribution in [0.5, 0.6) is 0 Å². The van der Waals surface area contributed by atoms with Gasteiger partial charge in [-0.25, -0.2) is 9.59 Å². The highest BCUT2D eigenvalue weighted by atomic mass is 35.5. The Morgan fingerprint density at radius 3 is 1.71 bits per heavy atom. The molecule has 0 unspecified atom stereocenters. The van der Waals surface area contributed by atoms with Gasteiger partial charge in [-0.1, -0.05) is 12.1 Å². The zero-order chi connectivity index (χ0) is 28.4. The summed E-state index contributed by atoms with van der Waals surface area (Å²) in [6.07, 6.45) is 0. The predicted molar refractivity (Wildman–Crippen MR) is 142 cm³/mol. The van der Waals surface area contributed by atoms with Gasteiger partial charge >= 0.3 is 11.9 Å². The molecule has 208 valence electrons. The molecule has 0 atom stereocenters. The van der Waals surface area contributed by atoms with Crippen LogP contribution in [0.1, 0.15) is 27.7 Å². The summed E-state index contributed by atoms with van der Waals surface area (Å²) in [5.74, 6) is 3.21. The number of nitrogen functional groups attached to an aromatic ring is 1. The van der Waals surface area contributed by atoms with E-state index in [0.29, 0.717) is 11.4 Å². The average molecular weight is 557 g/mol. The Kier molecular flexibility index (Phi) is 18.3. The highest BCUT2D eigenvalue weighted by Crippen LogP contribution is 2.17. The number of benzene rings is 2. The van der Waals surface area contributed by atoms with E-state index in [-0.39, 0.29) is 42.7 Å². The second-order valence-electron chi connectivity index (χ2n) is 6.57. The van der Waals surface area contributed by atoms with Crippen LogP contribution in [0.25, 0.3) is 0 Å². The molecule has 16 heteroatoms. The van der Waals surface area contributed by atoms with E-state index in [1.807, 2.05) is 0 Å². The summed E-state index contributed by atoms with van der Waals surface area (Å²) in [5, 5.41) is 24.5. The van der Waals surface area contributed by atoms with Gasteiger partial charge in [0.1, 0.15) is 5.71 Å². The van der Waals surface area contributed by atoms with Gasteiger partial charge in [-0.2, -0.15) is 5.10 Å². The Labute approximate surface area is 224 Å². The number of Topliss-reactive ketones (excluding diaryl/α,β-unsaturated/α-hetero) is 1. The molecule has 0 aliphatic carbocycles. The molecule has 0 amide bonds. The fourth-order valence-electron chi connectivity index (χ4n) is 2.06. The fourth-order valence-corrected chi connectivity index (χ4v) is 2.06. The van der Waals surface area contributed by atoms with Crippen LogP contribution < -0.4 is 16.7 Å². The summed E-state index contributed by atoms with van der Waals surface area (Å²) in [7, 11) is 0. The van der Waals surface area contributed by atoms with Crippen LogP contribution in [-0.4, -0.2) is 46.5 Å². The van der Waals surface area contributed by atoms with Gasteiger partial charge in [0.25, 0.3) is 11.4 Å². The summed E-state index contributed by atoms with van der Waals surface area (Å²) in [5.41, 5.74) is 5.95. The molecule has 4 N–H and O–H groups in total. The standard InChI is InChI=1S/C11H13N3O4.C6H7N3O2.C5H8O3.ClH/c1-3-18-11(15)8(2)12-13-9-5-4-6-10(7-9)14(16)17;7-8-5-2-1-3-6(4-5)9(10)11;1-3-8-5(7)4(2)6;/h4-7,13H,3H2,1-2H3;1-4,8H,7H2;3H2,1-2H3;1H/b12-8+;;;. The third-order valence-electron chi connectivity index (χ3n) is 3.77. The van der Waals surface area contributed by atoms with Crippen molar-refractivity contribution in [3.8, 4) is 0 Å². The van der Waals surface area contributed by atoms with Gasteiger partial charge in [0.15, 0.2) is 0 Å². The molecular formula is C22H29ClN6O9. The third kappa shape index (κ3) is 14.7. The zero-order valence-electron chi connectivity index (χ0n) is 21.0. The van der Waals surface area contributed by atoms with E-state index in [2.05, 4.69) is 20.7 Å². The lowest BCUT2D eigenvalue weighted by Crippen LogP contribution is -2.15. The molecule has 15 nitrogen and oxygen atoms in total. The van der Waals surface area contributed by atoms with E-state index < -0.39 is 27.6 Å². The van der Waals surface area contributed by atoms with Crippen molar-refractivity contribution in [3.05, 3.63) is 68.8 Å². The van der Waals surface area contributed by atoms with E-state index in [9.17, 15) is 34.6 Å². The number of hydrazone groups is 1. The monoisotopic (exact) mass is 556 g/mol. The highest BCUT2D eigenvalue weighted by molar-refractivity contribution is 6.35. The average Bonchev–Trinajstić information content (AvgIpc) is 2.88. The number of rotatable bonds is 9. The molecule has 0 radical (unpaired) electrons. The number of nitro benzene ring substituents is 2. The molecule has 0 aliphatic rings. The number of hydrogen-bond acceptors (Lipinski definition) is 13. The fraction of sp³-hybridized carbons (Fsp3) is 0.273. The molecule has 0 bridgehead atoms. The minimum Gasteiger partial charge on any atom is -0.461 e. The minimum absolute atomic E-state index is 0. The summed E-state index contributed by atoms with van der Waals surface area (Å²) in [6, 6.07) is 11.8. The van der Waals surface area contributed by atoms with Gasteiger partial charge in [0, 0.05) is 31.2 Å². The first-order chi connectivity index (χ1) is 17.5. The molecule has 0 aliphatic heterocycles. The number of halogens is 1. The predicted octanol–water partition coefficient (Wildman–Crippen LogP) is 3.39. The minimum atomic E-state index is -0.757. The smallest absolute Gasteiger partial charge is 0.374 e. The number of non-ortho nitro benzene ring substituents is 2. The van der Waals surface area contributed by atoms with Crippen LogP contribution in [-0.2, 0) is 23.9 Å². The first-order valence-electron chi connectivity index (χ1n) is 10.6. The maximum atomic E-state index is 11.2. The van der Waals surface area contributed by atoms with Gasteiger partial charge < -0.3 is 14.9 Å². The van der Waals surface area contributed by atoms with Crippen LogP contribution in [0.4, 0.5) is 22.7 Å². The first kappa shape index (κ1) is 35.5. The van der Waals surface area contributed by atoms with Gasteiger partial charge in [0.05, 0.1) is 34.4 Å². The number of nitrogens with two attached hydrogens (primary N) is 1. The largest absolute Gasteiger partial charge is 0.461 e. The maximum Gasteiger partial charge on any atom is 0.374 e. The molecule has 0 heterocycles. The molecule has 38 heavy (non-hydrogen) atoms. The van der Waals surface area contributed by atoms with Crippen molar-refractivity contribution in [2.75, 3.05) is 24.1 Å². The number of carbonyl (C=O) groups excluding carboxylic acids is 3. The number of hydrogen-bond donors (Lipinski definition) is 3. The van der Waals surface area contributed by atoms with E-state index >= 15 is 0 Å². The molecule has 2 aromatic carbocycles. The third-order valence-corrected chi connectivity index (χ3v) is 3.77. The lowest BCUT2D eigenvalue weighted by molar-refractivity contribution is -0.385. The second-order valence-corrected chi connectivity index (χ2v) is 6.57. The molecule has 0 fully saturated rings. The van der Waals surface area contributed by atoms with Gasteiger partial charge in [-0.3, -0.25) is 36.3 Å². The van der Waals surface area contributed by atoms with Gasteiger partial charge in [-0.15, -0.1) is 12.4 Å². The molecule has 2 rings (SSSR count). The first-order valence-corrected chi connectivity index (χ1v) is 10.6. The van der Waals surface area contributed by atoms with Crippen LogP contribution in [0.2, 0.25) is 0 Å². The van der Waals surface area contributed by atoms with Gasteiger partial charge in [-0.05, 0) is 32.9 Å². The van der Waals surface area contributed by atoms with Crippen molar-refractivity contribution in [2.45, 2.75) is 27.7 Å². The van der Waals surface area contributed by atoms with Crippen LogP contribution in [0, 0.1) is 20.2 Å². The number of ketones is 1. The Bertz CT molecular complexity index is 1130. The Morgan fingerprint density at radius 2 is 1.32 bits per heavy atom. The summed E-state index contributed by atoms with van der Waals surface area (Å²) in [4.78, 5) is 51.2. The summed E-state index contributed by atoms with van der Waals surface area (Å²) >= 11 is 0. The molecule has 0 saturated heterocycles. The van der Waals surface area contributed by atoms with Crippen molar-refractivity contribution in [3.63, 3.8) is 0 Å². The lowest BCUT2D eigenvalue weighted by Gasteiger charge is -2.03. The topological polar surface area (TPSA) is 218 Å². The van der Waals surface area contributed by atoms with Crippen molar-refractivity contribution in [2.24, 2.45) is 10.9 Å². The number of anilines is 2. The molecule has 0 saturated carbocycles. The van der Waals surface area contributed by atoms with Crippen LogP contribution in [0.3, 0.4) is 0 Å². The highest BCUT2D eigenvalue weighted by Gasteiger charge is 2.08. The molecular weight excluding hydrogens is 528 g/mol. The van der Waals surface area contributed by atoms with Crippen LogP contribution >= 0.6 is 12.4 Å². The SMILES string of the molecule is CCOC(=O)/C(C)=N/Nc1cccc([N+](=O)[O-])c1.CCOC(=O)C(C)=O.Cl.NNc1cccc([N+](=O)[O-])c1. The van der Waals surface area contributed by atoms with Crippen molar-refractivity contribution >= 4 is 58.6 Å². The Balaban J connectivity index is 0. The number of hydrazine groups is 1. The van der Waals surface area contributed by atoms with E-state index in [1.165, 1.54) is 44.2 Å². The molecule has 0 spiro atoms. The van der Waals surface area contributed by atoms with Crippen molar-refractivity contribution < 1.29 is 33.7 Å². The molecule has 2 aromatic rings. The Morgan fingerprint density at radius 1 is 0.868 bits per heavy atom. The normalized spacial score (nSPS) is 9.55. The second kappa shape index (κ2) is 19.5. The maximum absolute atomic E-state index is 11.2. The number of ether oxygens (including phenoxy) is 2. The summed E-state index contributed by atoms with van der Waals surface area (Å²) < 4.78 is 9.05. The number of esters is 2. The van der Waals surface area contributed by atoms with E-state index in [1.54, 1.807) is 32.0 Å². The van der Waals surface area contributed by atoms with E-state index in [0.717, 1.165) is 0 Å². The number of nitrogens with one attached hydrogen (secondary N) is 2. The lowest BCUT2D eigenvalue weighted by atomic mass is 10.3. The number of nitro groups is 2. The molecule has 0 aromatic heterocycles. The number of nitrogens with zero attached hydrogens (tertiary/aromatic N) is 3. The number of carbonyl (C=O) groups is 3. The van der Waals surface area contributed by atoms with Crippen molar-refractivity contribution in [1.29, 1.82) is 0 Å². The zero-order valence-corrected chi connectivity index (χ0v) is 21.9. The van der Waals surface area contributed by atoms with E-state index in [4.69, 9.17) is 10.6 Å². The van der Waals surface area contributed by atoms with Crippen molar-refractivity contribution in [1.82, 2.24) is 0 Å².